The molecule has 5 nitrogen and oxygen atoms in total. The lowest BCUT2D eigenvalue weighted by molar-refractivity contribution is 0.289. The van der Waals surface area contributed by atoms with E-state index < -0.39 is 9.84 Å². The molecule has 0 atom stereocenters. The molecule has 1 aromatic rings. The SMILES string of the molecule is CN=C(NCc1ccc(S(C)(=O)=O)c(C)c1)NCC1CCC(C)CC1.I. The molecule has 0 bridgehead atoms. The van der Waals surface area contributed by atoms with Crippen LogP contribution in [0.1, 0.15) is 43.7 Å². The van der Waals surface area contributed by atoms with Crippen molar-refractivity contribution in [3.63, 3.8) is 0 Å². The second-order valence-corrected chi connectivity index (χ2v) is 9.29. The van der Waals surface area contributed by atoms with Gasteiger partial charge in [-0.15, -0.1) is 24.0 Å². The van der Waals surface area contributed by atoms with Crippen molar-refractivity contribution in [2.24, 2.45) is 16.8 Å². The molecular weight excluding hydrogens is 461 g/mol. The van der Waals surface area contributed by atoms with Crippen molar-refractivity contribution >= 4 is 39.8 Å². The van der Waals surface area contributed by atoms with Gasteiger partial charge in [0.25, 0.3) is 0 Å². The molecule has 26 heavy (non-hydrogen) atoms. The molecule has 0 unspecified atom stereocenters. The molecule has 1 aliphatic rings. The van der Waals surface area contributed by atoms with Gasteiger partial charge < -0.3 is 10.6 Å². The largest absolute Gasteiger partial charge is 0.356 e. The van der Waals surface area contributed by atoms with Gasteiger partial charge in [0.2, 0.25) is 0 Å². The lowest BCUT2D eigenvalue weighted by atomic mass is 9.83. The summed E-state index contributed by atoms with van der Waals surface area (Å²) in [5.74, 6) is 2.39. The Balaban J connectivity index is 0.00000338. The standard InChI is InChI=1S/C19H31N3O2S.HI/c1-14-5-7-16(8-6-14)12-21-19(20-3)22-13-17-9-10-18(15(2)11-17)25(4,23)24;/h9-11,14,16H,5-8,12-13H2,1-4H3,(H2,20,21,22);1H. The molecule has 0 saturated heterocycles. The van der Waals surface area contributed by atoms with E-state index in [1.54, 1.807) is 13.1 Å². The smallest absolute Gasteiger partial charge is 0.191 e. The van der Waals surface area contributed by atoms with Gasteiger partial charge in [-0.25, -0.2) is 8.42 Å². The molecule has 0 amide bonds. The number of guanidine groups is 1. The second-order valence-electron chi connectivity index (χ2n) is 7.30. The lowest BCUT2D eigenvalue weighted by Gasteiger charge is -2.26. The molecule has 0 heterocycles. The van der Waals surface area contributed by atoms with Crippen molar-refractivity contribution < 1.29 is 8.42 Å². The molecule has 0 spiro atoms. The minimum atomic E-state index is -3.17. The van der Waals surface area contributed by atoms with Gasteiger partial charge in [-0.05, 0) is 48.8 Å². The maximum atomic E-state index is 11.7. The van der Waals surface area contributed by atoms with Crippen molar-refractivity contribution in [3.05, 3.63) is 29.3 Å². The third kappa shape index (κ3) is 7.06. The number of halogens is 1. The highest BCUT2D eigenvalue weighted by Gasteiger charge is 2.18. The Hall–Kier alpha value is -0.830. The Bertz CT molecular complexity index is 711. The van der Waals surface area contributed by atoms with E-state index in [1.807, 2.05) is 19.1 Å². The van der Waals surface area contributed by atoms with Crippen LogP contribution in [0.4, 0.5) is 0 Å². The number of rotatable bonds is 5. The molecule has 1 saturated carbocycles. The van der Waals surface area contributed by atoms with E-state index in [9.17, 15) is 8.42 Å². The van der Waals surface area contributed by atoms with Crippen LogP contribution < -0.4 is 10.6 Å². The van der Waals surface area contributed by atoms with E-state index in [0.717, 1.165) is 35.5 Å². The maximum Gasteiger partial charge on any atom is 0.191 e. The minimum absolute atomic E-state index is 0. The summed E-state index contributed by atoms with van der Waals surface area (Å²) in [6.45, 7) is 5.74. The average Bonchev–Trinajstić information content (AvgIpc) is 2.55. The monoisotopic (exact) mass is 493 g/mol. The normalized spacial score (nSPS) is 21.0. The number of hydrogen-bond donors (Lipinski definition) is 2. The van der Waals surface area contributed by atoms with E-state index in [0.29, 0.717) is 11.4 Å². The third-order valence-electron chi connectivity index (χ3n) is 5.02. The first-order valence-corrected chi connectivity index (χ1v) is 10.9. The second kappa shape index (κ2) is 10.5. The zero-order chi connectivity index (χ0) is 18.4. The van der Waals surface area contributed by atoms with E-state index in [1.165, 1.54) is 31.9 Å². The Morgan fingerprint density at radius 2 is 1.85 bits per heavy atom. The van der Waals surface area contributed by atoms with Gasteiger partial charge >= 0.3 is 0 Å². The fraction of sp³-hybridized carbons (Fsp3) is 0.632. The lowest BCUT2D eigenvalue weighted by Crippen LogP contribution is -2.40. The molecule has 148 valence electrons. The van der Waals surface area contributed by atoms with Gasteiger partial charge in [0.1, 0.15) is 0 Å². The number of sulfone groups is 1. The molecule has 1 aromatic carbocycles. The van der Waals surface area contributed by atoms with E-state index in [-0.39, 0.29) is 24.0 Å². The van der Waals surface area contributed by atoms with Crippen molar-refractivity contribution in [2.45, 2.75) is 51.0 Å². The highest BCUT2D eigenvalue weighted by atomic mass is 127. The molecule has 1 aliphatic carbocycles. The van der Waals surface area contributed by atoms with E-state index >= 15 is 0 Å². The summed E-state index contributed by atoms with van der Waals surface area (Å²) in [5, 5.41) is 6.73. The van der Waals surface area contributed by atoms with Crippen molar-refractivity contribution in [1.29, 1.82) is 0 Å². The van der Waals surface area contributed by atoms with Gasteiger partial charge in [0, 0.05) is 26.4 Å². The minimum Gasteiger partial charge on any atom is -0.356 e. The summed E-state index contributed by atoms with van der Waals surface area (Å²) in [4.78, 5) is 4.67. The summed E-state index contributed by atoms with van der Waals surface area (Å²) in [6, 6.07) is 5.45. The average molecular weight is 493 g/mol. The number of nitrogens with one attached hydrogen (secondary N) is 2. The fourth-order valence-electron chi connectivity index (χ4n) is 3.42. The Labute approximate surface area is 175 Å². The first-order valence-electron chi connectivity index (χ1n) is 9.03. The quantitative estimate of drug-likeness (QED) is 0.374. The van der Waals surface area contributed by atoms with Crippen molar-refractivity contribution in [2.75, 3.05) is 19.8 Å². The summed E-state index contributed by atoms with van der Waals surface area (Å²) < 4.78 is 23.4. The molecule has 2 N–H and O–H groups in total. The summed E-state index contributed by atoms with van der Waals surface area (Å²) in [5.41, 5.74) is 1.82. The number of nitrogens with zero attached hydrogens (tertiary/aromatic N) is 1. The highest BCUT2D eigenvalue weighted by Crippen LogP contribution is 2.27. The van der Waals surface area contributed by atoms with Crippen molar-refractivity contribution in [1.82, 2.24) is 10.6 Å². The van der Waals surface area contributed by atoms with Crippen molar-refractivity contribution in [3.8, 4) is 0 Å². The number of aryl methyl sites for hydroxylation is 1. The summed E-state index contributed by atoms with van der Waals surface area (Å²) in [7, 11) is -1.39. The predicted octanol–water partition coefficient (Wildman–Crippen LogP) is 3.51. The maximum absolute atomic E-state index is 11.7. The van der Waals surface area contributed by atoms with Crippen LogP contribution in [-0.4, -0.2) is 34.2 Å². The van der Waals surface area contributed by atoms with E-state index in [2.05, 4.69) is 22.5 Å². The first kappa shape index (κ1) is 23.2. The molecule has 7 heteroatoms. The van der Waals surface area contributed by atoms with Crippen LogP contribution in [0.2, 0.25) is 0 Å². The molecule has 1 fully saturated rings. The van der Waals surface area contributed by atoms with Crippen LogP contribution in [0.5, 0.6) is 0 Å². The van der Waals surface area contributed by atoms with Crippen LogP contribution in [0.15, 0.2) is 28.1 Å². The number of hydrogen-bond acceptors (Lipinski definition) is 3. The van der Waals surface area contributed by atoms with Gasteiger partial charge in [0.15, 0.2) is 15.8 Å². The van der Waals surface area contributed by atoms with Gasteiger partial charge in [-0.3, -0.25) is 4.99 Å². The molecular formula is C19H32IN3O2S. The zero-order valence-corrected chi connectivity index (χ0v) is 19.4. The van der Waals surface area contributed by atoms with Crippen LogP contribution in [0.3, 0.4) is 0 Å². The Morgan fingerprint density at radius 3 is 2.38 bits per heavy atom. The zero-order valence-electron chi connectivity index (χ0n) is 16.2. The van der Waals surface area contributed by atoms with Crippen LogP contribution in [0, 0.1) is 18.8 Å². The Morgan fingerprint density at radius 1 is 1.19 bits per heavy atom. The summed E-state index contributed by atoms with van der Waals surface area (Å²) >= 11 is 0. The van der Waals surface area contributed by atoms with Gasteiger partial charge in [-0.1, -0.05) is 31.9 Å². The first-order chi connectivity index (χ1) is 11.8. The molecule has 0 aliphatic heterocycles. The molecule has 0 aromatic heterocycles. The van der Waals surface area contributed by atoms with E-state index in [4.69, 9.17) is 0 Å². The topological polar surface area (TPSA) is 70.6 Å². The Kier molecular flexibility index (Phi) is 9.36. The predicted molar refractivity (Wildman–Crippen MR) is 119 cm³/mol. The molecule has 2 rings (SSSR count). The van der Waals surface area contributed by atoms with Gasteiger partial charge in [-0.2, -0.15) is 0 Å². The fourth-order valence-corrected chi connectivity index (χ4v) is 4.38. The molecule has 0 radical (unpaired) electrons. The number of benzene rings is 1. The van der Waals surface area contributed by atoms with Crippen LogP contribution in [-0.2, 0) is 16.4 Å². The third-order valence-corrected chi connectivity index (χ3v) is 6.27. The highest BCUT2D eigenvalue weighted by molar-refractivity contribution is 14.0. The van der Waals surface area contributed by atoms with Crippen LogP contribution in [0.25, 0.3) is 0 Å². The van der Waals surface area contributed by atoms with Crippen LogP contribution >= 0.6 is 24.0 Å². The van der Waals surface area contributed by atoms with Gasteiger partial charge in [0.05, 0.1) is 4.90 Å². The summed E-state index contributed by atoms with van der Waals surface area (Å²) in [6.07, 6.45) is 6.47. The number of aliphatic imine (C=N–C) groups is 1.